The van der Waals surface area contributed by atoms with Crippen LogP contribution in [0.1, 0.15) is 5.56 Å². The topological polar surface area (TPSA) is 69.2 Å². The Bertz CT molecular complexity index is 861. The summed E-state index contributed by atoms with van der Waals surface area (Å²) < 4.78 is 10.6. The van der Waals surface area contributed by atoms with E-state index in [1.54, 1.807) is 36.4 Å². The van der Waals surface area contributed by atoms with Gasteiger partial charge in [-0.2, -0.15) is 0 Å². The molecule has 0 aliphatic heterocycles. The lowest BCUT2D eigenvalue weighted by Crippen LogP contribution is -2.16. The second-order valence-electron chi connectivity index (χ2n) is 5.09. The van der Waals surface area contributed by atoms with Crippen LogP contribution in [0.25, 0.3) is 0 Å². The molecule has 0 saturated heterocycles. The molecule has 0 radical (unpaired) electrons. The minimum absolute atomic E-state index is 0.0648. The first kappa shape index (κ1) is 20.4. The maximum Gasteiger partial charge on any atom is 0.265 e. The van der Waals surface area contributed by atoms with Crippen LogP contribution in [0, 0.1) is 12.3 Å². The van der Waals surface area contributed by atoms with Crippen molar-refractivity contribution in [1.82, 2.24) is 0 Å². The zero-order valence-electron chi connectivity index (χ0n) is 14.4. The van der Waals surface area contributed by atoms with E-state index in [-0.39, 0.29) is 19.1 Å². The molecule has 1 N–H and O–H groups in total. The zero-order valence-corrected chi connectivity index (χ0v) is 15.9. The van der Waals surface area contributed by atoms with Gasteiger partial charge in [-0.3, -0.25) is 4.79 Å². The first-order valence-corrected chi connectivity index (χ1v) is 8.43. The predicted octanol–water partition coefficient (Wildman–Crippen LogP) is 4.00. The van der Waals surface area contributed by atoms with Gasteiger partial charge in [-0.15, -0.1) is 6.42 Å². The Balaban J connectivity index is 1.91. The molecule has 0 aliphatic carbocycles. The van der Waals surface area contributed by atoms with Gasteiger partial charge in [0.05, 0.1) is 18.3 Å². The third-order valence-electron chi connectivity index (χ3n) is 3.15. The highest BCUT2D eigenvalue weighted by atomic mass is 35.5. The normalized spacial score (nSPS) is 10.3. The number of terminal acetylenes is 1. The molecule has 0 bridgehead atoms. The van der Waals surface area contributed by atoms with Crippen LogP contribution in [0.5, 0.6) is 11.5 Å². The maximum absolute atomic E-state index is 11.8. The fourth-order valence-corrected chi connectivity index (χ4v) is 2.39. The number of methoxy groups -OCH3 is 1. The van der Waals surface area contributed by atoms with Gasteiger partial charge in [0.1, 0.15) is 6.61 Å². The Morgan fingerprint density at radius 2 is 2.04 bits per heavy atom. The zero-order chi connectivity index (χ0) is 19.6. The number of oxime groups is 1. The van der Waals surface area contributed by atoms with Gasteiger partial charge in [-0.25, -0.2) is 0 Å². The van der Waals surface area contributed by atoms with Crippen LogP contribution in [-0.4, -0.2) is 32.4 Å². The van der Waals surface area contributed by atoms with E-state index >= 15 is 0 Å². The number of nitrogens with zero attached hydrogens (tertiary/aromatic N) is 1. The Kier molecular flexibility index (Phi) is 7.80. The largest absolute Gasteiger partial charge is 0.493 e. The SMILES string of the molecule is C#CCOc1c(Cl)cc(/C=N/OCC(=O)Nc2ccc(Cl)cc2)cc1OC. The highest BCUT2D eigenvalue weighted by Crippen LogP contribution is 2.35. The van der Waals surface area contributed by atoms with Gasteiger partial charge in [-0.1, -0.05) is 34.3 Å². The molecule has 140 valence electrons. The van der Waals surface area contributed by atoms with Gasteiger partial charge in [0.25, 0.3) is 5.91 Å². The highest BCUT2D eigenvalue weighted by molar-refractivity contribution is 6.32. The van der Waals surface area contributed by atoms with Crippen molar-refractivity contribution in [1.29, 1.82) is 0 Å². The van der Waals surface area contributed by atoms with Gasteiger partial charge in [0, 0.05) is 16.3 Å². The molecule has 8 heteroatoms. The lowest BCUT2D eigenvalue weighted by molar-refractivity contribution is -0.120. The summed E-state index contributed by atoms with van der Waals surface area (Å²) in [4.78, 5) is 16.8. The summed E-state index contributed by atoms with van der Waals surface area (Å²) in [5, 5.41) is 7.30. The van der Waals surface area contributed by atoms with Crippen LogP contribution in [0.3, 0.4) is 0 Å². The second-order valence-corrected chi connectivity index (χ2v) is 5.93. The highest BCUT2D eigenvalue weighted by Gasteiger charge is 2.11. The molecule has 0 heterocycles. The van der Waals surface area contributed by atoms with Crippen molar-refractivity contribution in [2.45, 2.75) is 0 Å². The van der Waals surface area contributed by atoms with Gasteiger partial charge in [0.2, 0.25) is 0 Å². The fourth-order valence-electron chi connectivity index (χ4n) is 1.99. The van der Waals surface area contributed by atoms with Crippen molar-refractivity contribution in [3.05, 3.63) is 52.0 Å². The van der Waals surface area contributed by atoms with Gasteiger partial charge in [-0.05, 0) is 36.4 Å². The molecule has 0 saturated carbocycles. The summed E-state index contributed by atoms with van der Waals surface area (Å²) in [6, 6.07) is 9.96. The number of rotatable bonds is 8. The molecule has 6 nitrogen and oxygen atoms in total. The number of hydrogen-bond donors (Lipinski definition) is 1. The van der Waals surface area contributed by atoms with Gasteiger partial charge in [0.15, 0.2) is 18.1 Å². The number of carbonyl (C=O) groups is 1. The summed E-state index contributed by atoms with van der Waals surface area (Å²) in [6.07, 6.45) is 6.57. The Hall–Kier alpha value is -2.88. The Labute approximate surface area is 167 Å². The third-order valence-corrected chi connectivity index (χ3v) is 3.68. The predicted molar refractivity (Wildman–Crippen MR) is 106 cm³/mol. The summed E-state index contributed by atoms with van der Waals surface area (Å²) in [5.74, 6) is 2.74. The van der Waals surface area contributed by atoms with Crippen LogP contribution in [0.4, 0.5) is 5.69 Å². The monoisotopic (exact) mass is 406 g/mol. The summed E-state index contributed by atoms with van der Waals surface area (Å²) in [5.41, 5.74) is 1.21. The third kappa shape index (κ3) is 6.41. The number of nitrogens with one attached hydrogen (secondary N) is 1. The van der Waals surface area contributed by atoms with E-state index in [2.05, 4.69) is 16.4 Å². The number of carbonyl (C=O) groups excluding carboxylic acids is 1. The van der Waals surface area contributed by atoms with E-state index in [0.717, 1.165) is 0 Å². The number of hydrogen-bond acceptors (Lipinski definition) is 5. The molecule has 0 atom stereocenters. The van der Waals surface area contributed by atoms with Gasteiger partial charge >= 0.3 is 0 Å². The maximum atomic E-state index is 11.8. The second kappa shape index (κ2) is 10.3. The smallest absolute Gasteiger partial charge is 0.265 e. The average molecular weight is 407 g/mol. The quantitative estimate of drug-likeness (QED) is 0.408. The first-order chi connectivity index (χ1) is 13.0. The Morgan fingerprint density at radius 1 is 1.30 bits per heavy atom. The summed E-state index contributed by atoms with van der Waals surface area (Å²) >= 11 is 11.9. The molecule has 2 rings (SSSR count). The van der Waals surface area contributed by atoms with Crippen LogP contribution < -0.4 is 14.8 Å². The number of amides is 1. The van der Waals surface area contributed by atoms with Crippen LogP contribution in [-0.2, 0) is 9.63 Å². The van der Waals surface area contributed by atoms with E-state index in [9.17, 15) is 4.79 Å². The molecular weight excluding hydrogens is 391 g/mol. The average Bonchev–Trinajstić information content (AvgIpc) is 2.66. The molecule has 1 amide bonds. The molecule has 0 fully saturated rings. The lowest BCUT2D eigenvalue weighted by atomic mass is 10.2. The number of halogens is 2. The van der Waals surface area contributed by atoms with E-state index < -0.39 is 0 Å². The van der Waals surface area contributed by atoms with Crippen molar-refractivity contribution >= 4 is 41.0 Å². The molecular formula is C19H16Cl2N2O4. The van der Waals surface area contributed by atoms with Crippen molar-refractivity contribution in [2.75, 3.05) is 25.6 Å². The minimum atomic E-state index is -0.358. The van der Waals surface area contributed by atoms with Crippen LogP contribution >= 0.6 is 23.2 Å². The van der Waals surface area contributed by atoms with Crippen molar-refractivity contribution in [3.63, 3.8) is 0 Å². The molecule has 0 aromatic heterocycles. The number of anilines is 1. The molecule has 2 aromatic rings. The van der Waals surface area contributed by atoms with E-state index in [1.165, 1.54) is 13.3 Å². The molecule has 2 aromatic carbocycles. The van der Waals surface area contributed by atoms with Crippen LogP contribution in [0.2, 0.25) is 10.0 Å². The lowest BCUT2D eigenvalue weighted by Gasteiger charge is -2.11. The van der Waals surface area contributed by atoms with Gasteiger partial charge < -0.3 is 19.6 Å². The van der Waals surface area contributed by atoms with E-state index in [4.69, 9.17) is 43.9 Å². The van der Waals surface area contributed by atoms with Crippen molar-refractivity contribution in [3.8, 4) is 23.8 Å². The van der Waals surface area contributed by atoms with E-state index in [1.807, 2.05) is 0 Å². The Morgan fingerprint density at radius 3 is 2.70 bits per heavy atom. The first-order valence-electron chi connectivity index (χ1n) is 7.68. The fraction of sp³-hybridized carbons (Fsp3) is 0.158. The van der Waals surface area contributed by atoms with Crippen molar-refractivity contribution in [2.24, 2.45) is 5.16 Å². The summed E-state index contributed by atoms with van der Waals surface area (Å²) in [6.45, 7) is -0.192. The van der Waals surface area contributed by atoms with Crippen LogP contribution in [0.15, 0.2) is 41.6 Å². The number of ether oxygens (including phenoxy) is 2. The van der Waals surface area contributed by atoms with Crippen molar-refractivity contribution < 1.29 is 19.1 Å². The minimum Gasteiger partial charge on any atom is -0.493 e. The number of benzene rings is 2. The molecule has 27 heavy (non-hydrogen) atoms. The molecule has 0 aliphatic rings. The molecule has 0 unspecified atom stereocenters. The standard InChI is InChI=1S/C19H16Cl2N2O4/c1-3-8-26-19-16(21)9-13(10-17(19)25-2)11-22-27-12-18(24)23-15-6-4-14(20)5-7-15/h1,4-7,9-11H,8,12H2,2H3,(H,23,24)/b22-11+. The summed E-state index contributed by atoms with van der Waals surface area (Å²) in [7, 11) is 1.48. The molecule has 0 spiro atoms. The van der Waals surface area contributed by atoms with E-state index in [0.29, 0.717) is 32.8 Å².